The van der Waals surface area contributed by atoms with E-state index in [-0.39, 0.29) is 17.7 Å². The normalized spacial score (nSPS) is 15.7. The van der Waals surface area contributed by atoms with Gasteiger partial charge in [0.2, 0.25) is 0 Å². The van der Waals surface area contributed by atoms with Crippen LogP contribution < -0.4 is 10.1 Å². The Kier molecular flexibility index (Phi) is 6.01. The van der Waals surface area contributed by atoms with Crippen LogP contribution in [-0.4, -0.2) is 35.1 Å². The summed E-state index contributed by atoms with van der Waals surface area (Å²) in [6, 6.07) is 13.1. The molecule has 0 bridgehead atoms. The largest absolute Gasteiger partial charge is 0.491 e. The number of thiazole rings is 1. The number of rotatable bonds is 7. The van der Waals surface area contributed by atoms with Crippen molar-refractivity contribution in [2.45, 2.75) is 18.9 Å². The van der Waals surface area contributed by atoms with Crippen LogP contribution in [0.3, 0.4) is 0 Å². The van der Waals surface area contributed by atoms with Crippen molar-refractivity contribution in [2.75, 3.05) is 18.5 Å². The molecule has 3 aromatic rings. The van der Waals surface area contributed by atoms with Crippen LogP contribution in [0.4, 0.5) is 10.8 Å². The van der Waals surface area contributed by atoms with Crippen molar-refractivity contribution < 1.29 is 19.2 Å². The standard InChI is InChI=1S/C21H19N3O5S/c25-20(14-6-8-17(9-7-14)29-12-18-5-2-10-28-18)23-21-22-19(13-30-21)15-3-1-4-16(11-15)24(26)27/h1,3-4,6-9,11,13,18H,2,5,10,12H2,(H,22,23,25). The molecule has 4 rings (SSSR count). The fourth-order valence-corrected chi connectivity index (χ4v) is 3.79. The Bertz CT molecular complexity index is 1040. The van der Waals surface area contributed by atoms with E-state index >= 15 is 0 Å². The molecule has 30 heavy (non-hydrogen) atoms. The van der Waals surface area contributed by atoms with Crippen LogP contribution in [0.5, 0.6) is 5.75 Å². The SMILES string of the molecule is O=C(Nc1nc(-c2cccc([N+](=O)[O-])c2)cs1)c1ccc(OCC2CCCO2)cc1. The molecular formula is C21H19N3O5S. The van der Waals surface area contributed by atoms with E-state index in [1.54, 1.807) is 41.8 Å². The molecule has 1 saturated heterocycles. The van der Waals surface area contributed by atoms with Gasteiger partial charge in [-0.15, -0.1) is 11.3 Å². The second kappa shape index (κ2) is 9.02. The summed E-state index contributed by atoms with van der Waals surface area (Å²) < 4.78 is 11.2. The van der Waals surface area contributed by atoms with E-state index in [1.165, 1.54) is 23.5 Å². The number of carbonyl (C=O) groups excluding carboxylic acids is 1. The highest BCUT2D eigenvalue weighted by molar-refractivity contribution is 7.14. The Morgan fingerprint density at radius 3 is 2.87 bits per heavy atom. The molecule has 0 saturated carbocycles. The van der Waals surface area contributed by atoms with Gasteiger partial charge >= 0.3 is 0 Å². The lowest BCUT2D eigenvalue weighted by Gasteiger charge is -2.11. The zero-order valence-electron chi connectivity index (χ0n) is 15.9. The van der Waals surface area contributed by atoms with E-state index in [9.17, 15) is 14.9 Å². The van der Waals surface area contributed by atoms with E-state index in [1.807, 2.05) is 0 Å². The Labute approximate surface area is 176 Å². The van der Waals surface area contributed by atoms with E-state index < -0.39 is 4.92 Å². The summed E-state index contributed by atoms with van der Waals surface area (Å²) in [5, 5.41) is 15.9. The highest BCUT2D eigenvalue weighted by Crippen LogP contribution is 2.28. The summed E-state index contributed by atoms with van der Waals surface area (Å²) in [7, 11) is 0. The minimum Gasteiger partial charge on any atom is -0.491 e. The van der Waals surface area contributed by atoms with Gasteiger partial charge in [-0.05, 0) is 37.1 Å². The molecule has 2 aromatic carbocycles. The molecule has 1 aliphatic rings. The molecule has 154 valence electrons. The van der Waals surface area contributed by atoms with E-state index in [2.05, 4.69) is 10.3 Å². The molecule has 1 atom stereocenters. The van der Waals surface area contributed by atoms with Crippen molar-refractivity contribution in [3.05, 3.63) is 69.6 Å². The average molecular weight is 425 g/mol. The molecule has 1 aliphatic heterocycles. The third-order valence-electron chi connectivity index (χ3n) is 4.65. The summed E-state index contributed by atoms with van der Waals surface area (Å²) in [5.74, 6) is 0.393. The van der Waals surface area contributed by atoms with Gasteiger partial charge in [0.05, 0.1) is 16.7 Å². The van der Waals surface area contributed by atoms with Gasteiger partial charge in [-0.1, -0.05) is 12.1 Å². The van der Waals surface area contributed by atoms with E-state index in [0.717, 1.165) is 19.4 Å². The van der Waals surface area contributed by atoms with Crippen molar-refractivity contribution in [1.29, 1.82) is 0 Å². The minimum absolute atomic E-state index is 0.00659. The minimum atomic E-state index is -0.452. The average Bonchev–Trinajstić information content (AvgIpc) is 3.45. The highest BCUT2D eigenvalue weighted by atomic mass is 32.1. The Balaban J connectivity index is 1.37. The molecular weight excluding hydrogens is 406 g/mol. The fraction of sp³-hybridized carbons (Fsp3) is 0.238. The zero-order valence-corrected chi connectivity index (χ0v) is 16.8. The smallest absolute Gasteiger partial charge is 0.270 e. The number of amides is 1. The first-order chi connectivity index (χ1) is 14.6. The number of nitrogens with zero attached hydrogens (tertiary/aromatic N) is 2. The number of anilines is 1. The first-order valence-electron chi connectivity index (χ1n) is 9.45. The van der Waals surface area contributed by atoms with Crippen molar-refractivity contribution >= 4 is 28.1 Å². The monoisotopic (exact) mass is 425 g/mol. The second-order valence-electron chi connectivity index (χ2n) is 6.77. The van der Waals surface area contributed by atoms with Crippen molar-refractivity contribution in [3.63, 3.8) is 0 Å². The number of aromatic nitrogens is 1. The van der Waals surface area contributed by atoms with Gasteiger partial charge < -0.3 is 9.47 Å². The third kappa shape index (κ3) is 4.81. The maximum atomic E-state index is 12.5. The predicted octanol–water partition coefficient (Wildman–Crippen LogP) is 4.53. The van der Waals surface area contributed by atoms with Crippen molar-refractivity contribution in [2.24, 2.45) is 0 Å². The molecule has 0 radical (unpaired) electrons. The lowest BCUT2D eigenvalue weighted by Crippen LogP contribution is -2.16. The van der Waals surface area contributed by atoms with Crippen LogP contribution in [0.15, 0.2) is 53.9 Å². The molecule has 0 spiro atoms. The number of carbonyl (C=O) groups is 1. The van der Waals surface area contributed by atoms with Crippen molar-refractivity contribution in [3.8, 4) is 17.0 Å². The van der Waals surface area contributed by atoms with Gasteiger partial charge in [0, 0.05) is 35.2 Å². The number of nitro benzene ring substituents is 1. The quantitative estimate of drug-likeness (QED) is 0.441. The number of benzene rings is 2. The Hall–Kier alpha value is -3.30. The van der Waals surface area contributed by atoms with Crippen LogP contribution in [0.2, 0.25) is 0 Å². The Morgan fingerprint density at radius 1 is 1.30 bits per heavy atom. The number of nitrogens with one attached hydrogen (secondary N) is 1. The zero-order chi connectivity index (χ0) is 20.9. The van der Waals surface area contributed by atoms with Crippen LogP contribution in [-0.2, 0) is 4.74 Å². The van der Waals surface area contributed by atoms with Crippen LogP contribution in [0.25, 0.3) is 11.3 Å². The molecule has 1 N–H and O–H groups in total. The summed E-state index contributed by atoms with van der Waals surface area (Å²) >= 11 is 1.26. The van der Waals surface area contributed by atoms with Gasteiger partial charge in [0.25, 0.3) is 11.6 Å². The number of hydrogen-bond acceptors (Lipinski definition) is 7. The van der Waals surface area contributed by atoms with Gasteiger partial charge in [-0.2, -0.15) is 0 Å². The van der Waals surface area contributed by atoms with E-state index in [4.69, 9.17) is 9.47 Å². The van der Waals surface area contributed by atoms with Gasteiger partial charge in [0.1, 0.15) is 12.4 Å². The molecule has 1 amide bonds. The summed E-state index contributed by atoms with van der Waals surface area (Å²) in [6.07, 6.45) is 2.21. The van der Waals surface area contributed by atoms with Crippen LogP contribution >= 0.6 is 11.3 Å². The van der Waals surface area contributed by atoms with Gasteiger partial charge in [-0.25, -0.2) is 4.98 Å². The first kappa shape index (κ1) is 20.0. The summed E-state index contributed by atoms with van der Waals surface area (Å²) in [6.45, 7) is 1.29. The fourth-order valence-electron chi connectivity index (χ4n) is 3.08. The molecule has 9 heteroatoms. The molecule has 2 heterocycles. The lowest BCUT2D eigenvalue weighted by molar-refractivity contribution is -0.384. The molecule has 8 nitrogen and oxygen atoms in total. The maximum absolute atomic E-state index is 12.5. The molecule has 1 unspecified atom stereocenters. The number of hydrogen-bond donors (Lipinski definition) is 1. The predicted molar refractivity (Wildman–Crippen MR) is 113 cm³/mol. The van der Waals surface area contributed by atoms with Gasteiger partial charge in [0.15, 0.2) is 5.13 Å². The number of ether oxygens (including phenoxy) is 2. The molecule has 1 aromatic heterocycles. The Morgan fingerprint density at radius 2 is 2.13 bits per heavy atom. The summed E-state index contributed by atoms with van der Waals surface area (Å²) in [5.41, 5.74) is 1.66. The topological polar surface area (TPSA) is 104 Å². The molecule has 0 aliphatic carbocycles. The van der Waals surface area contributed by atoms with E-state index in [0.29, 0.717) is 34.3 Å². The number of nitro groups is 1. The van der Waals surface area contributed by atoms with Gasteiger partial charge in [-0.3, -0.25) is 20.2 Å². The van der Waals surface area contributed by atoms with Crippen molar-refractivity contribution in [1.82, 2.24) is 4.98 Å². The lowest BCUT2D eigenvalue weighted by atomic mass is 10.1. The first-order valence-corrected chi connectivity index (χ1v) is 10.3. The number of non-ortho nitro benzene ring substituents is 1. The highest BCUT2D eigenvalue weighted by Gasteiger charge is 2.16. The second-order valence-corrected chi connectivity index (χ2v) is 7.63. The third-order valence-corrected chi connectivity index (χ3v) is 5.41. The van der Waals surface area contributed by atoms with Crippen LogP contribution in [0.1, 0.15) is 23.2 Å². The maximum Gasteiger partial charge on any atom is 0.270 e. The molecule has 1 fully saturated rings. The summed E-state index contributed by atoms with van der Waals surface area (Å²) in [4.78, 5) is 27.3. The van der Waals surface area contributed by atoms with Crippen LogP contribution in [0, 0.1) is 10.1 Å².